The average Bonchev–Trinajstić information content (AvgIpc) is 2.29. The first-order valence-corrected chi connectivity index (χ1v) is 4.87. The van der Waals surface area contributed by atoms with E-state index in [4.69, 9.17) is 11.5 Å². The van der Waals surface area contributed by atoms with Crippen molar-refractivity contribution in [2.75, 3.05) is 11.5 Å². The van der Waals surface area contributed by atoms with Crippen molar-refractivity contribution in [2.24, 2.45) is 4.99 Å². The number of nitrogens with zero attached hydrogens (tertiary/aromatic N) is 2. The van der Waals surface area contributed by atoms with Gasteiger partial charge in [0.2, 0.25) is 0 Å². The molecule has 0 radical (unpaired) electrons. The summed E-state index contributed by atoms with van der Waals surface area (Å²) in [6, 6.07) is 13.2. The first-order chi connectivity index (χ1) is 7.75. The highest BCUT2D eigenvalue weighted by Crippen LogP contribution is 2.20. The summed E-state index contributed by atoms with van der Waals surface area (Å²) < 4.78 is 0. The zero-order valence-electron chi connectivity index (χ0n) is 8.67. The summed E-state index contributed by atoms with van der Waals surface area (Å²) in [5, 5.41) is 0. The van der Waals surface area contributed by atoms with Crippen LogP contribution >= 0.6 is 0 Å². The van der Waals surface area contributed by atoms with Crippen molar-refractivity contribution in [3.8, 4) is 0 Å². The van der Waals surface area contributed by atoms with E-state index in [0.29, 0.717) is 17.3 Å². The summed E-state index contributed by atoms with van der Waals surface area (Å²) in [6.45, 7) is 0. The van der Waals surface area contributed by atoms with Crippen LogP contribution in [0.15, 0.2) is 47.5 Å². The number of hydrogen-bond donors (Lipinski definition) is 2. The van der Waals surface area contributed by atoms with Crippen LogP contribution in [-0.2, 0) is 0 Å². The number of nitrogen functional groups attached to an aromatic ring is 2. The van der Waals surface area contributed by atoms with Gasteiger partial charge in [-0.25, -0.2) is 4.98 Å². The molecule has 0 unspecified atom stereocenters. The van der Waals surface area contributed by atoms with E-state index in [1.807, 2.05) is 30.3 Å². The molecule has 1 aromatic carbocycles. The second-order valence-electron chi connectivity index (χ2n) is 3.31. The maximum absolute atomic E-state index is 5.68. The average molecular weight is 212 g/mol. The highest BCUT2D eigenvalue weighted by atomic mass is 14.9. The van der Waals surface area contributed by atoms with Gasteiger partial charge < -0.3 is 11.5 Å². The van der Waals surface area contributed by atoms with Gasteiger partial charge in [-0.1, -0.05) is 30.3 Å². The van der Waals surface area contributed by atoms with Crippen LogP contribution < -0.4 is 11.5 Å². The highest BCUT2D eigenvalue weighted by Gasteiger charge is 1.97. The fraction of sp³-hybridized carbons (Fsp3) is 0. The zero-order valence-corrected chi connectivity index (χ0v) is 8.67. The van der Waals surface area contributed by atoms with Crippen LogP contribution in [0.3, 0.4) is 0 Å². The summed E-state index contributed by atoms with van der Waals surface area (Å²) in [4.78, 5) is 8.18. The minimum Gasteiger partial charge on any atom is -0.384 e. The van der Waals surface area contributed by atoms with Crippen molar-refractivity contribution in [2.45, 2.75) is 0 Å². The van der Waals surface area contributed by atoms with Crippen molar-refractivity contribution in [1.82, 2.24) is 4.98 Å². The Hall–Kier alpha value is -2.36. The lowest BCUT2D eigenvalue weighted by Gasteiger charge is -1.99. The number of benzene rings is 1. The summed E-state index contributed by atoms with van der Waals surface area (Å²) in [6.07, 6.45) is 1.74. The van der Waals surface area contributed by atoms with Gasteiger partial charge >= 0.3 is 0 Å². The topological polar surface area (TPSA) is 77.3 Å². The van der Waals surface area contributed by atoms with Gasteiger partial charge in [-0.15, -0.1) is 0 Å². The Morgan fingerprint density at radius 2 is 1.75 bits per heavy atom. The molecule has 4 heteroatoms. The number of rotatable bonds is 2. The Morgan fingerprint density at radius 3 is 2.44 bits per heavy atom. The molecule has 0 aliphatic heterocycles. The molecule has 4 nitrogen and oxygen atoms in total. The van der Waals surface area contributed by atoms with Gasteiger partial charge in [-0.3, -0.25) is 4.99 Å². The standard InChI is InChI=1S/C12H12N4/c13-11-7-6-10(12(14)16-11)15-8-9-4-2-1-3-5-9/h1-8H,(H4,13,14,16). The Balaban J connectivity index is 2.24. The lowest BCUT2D eigenvalue weighted by Crippen LogP contribution is -1.95. The smallest absolute Gasteiger partial charge is 0.151 e. The summed E-state index contributed by atoms with van der Waals surface area (Å²) in [5.74, 6) is 0.739. The molecule has 0 saturated heterocycles. The van der Waals surface area contributed by atoms with Gasteiger partial charge in [0.05, 0.1) is 0 Å². The minimum absolute atomic E-state index is 0.340. The van der Waals surface area contributed by atoms with E-state index in [1.54, 1.807) is 18.3 Å². The zero-order chi connectivity index (χ0) is 11.4. The van der Waals surface area contributed by atoms with Crippen molar-refractivity contribution in [1.29, 1.82) is 0 Å². The van der Waals surface area contributed by atoms with Gasteiger partial charge in [0.25, 0.3) is 0 Å². The molecule has 0 atom stereocenters. The molecule has 0 aliphatic rings. The molecule has 0 fully saturated rings. The predicted octanol–water partition coefficient (Wildman–Crippen LogP) is 2.00. The molecule has 4 N–H and O–H groups in total. The predicted molar refractivity (Wildman–Crippen MR) is 66.8 cm³/mol. The molecular formula is C12H12N4. The van der Waals surface area contributed by atoms with Crippen molar-refractivity contribution < 1.29 is 0 Å². The van der Waals surface area contributed by atoms with E-state index >= 15 is 0 Å². The number of aromatic nitrogens is 1. The molecule has 16 heavy (non-hydrogen) atoms. The molecule has 1 aromatic heterocycles. The van der Waals surface area contributed by atoms with Crippen LogP contribution in [0.5, 0.6) is 0 Å². The van der Waals surface area contributed by atoms with Crippen LogP contribution in [0.2, 0.25) is 0 Å². The van der Waals surface area contributed by atoms with Crippen molar-refractivity contribution >= 4 is 23.5 Å². The summed E-state index contributed by atoms with van der Waals surface area (Å²) in [7, 11) is 0. The third-order valence-corrected chi connectivity index (χ3v) is 2.08. The van der Waals surface area contributed by atoms with Gasteiger partial charge in [0, 0.05) is 6.21 Å². The van der Waals surface area contributed by atoms with Crippen molar-refractivity contribution in [3.05, 3.63) is 48.0 Å². The molecule has 2 aromatic rings. The van der Waals surface area contributed by atoms with E-state index in [0.717, 1.165) is 5.56 Å². The molecule has 1 heterocycles. The molecule has 2 rings (SSSR count). The fourth-order valence-electron chi connectivity index (χ4n) is 1.28. The summed E-state index contributed by atoms with van der Waals surface area (Å²) >= 11 is 0. The largest absolute Gasteiger partial charge is 0.384 e. The molecule has 0 bridgehead atoms. The number of nitrogens with two attached hydrogens (primary N) is 2. The Bertz CT molecular complexity index is 506. The minimum atomic E-state index is 0.340. The van der Waals surface area contributed by atoms with Crippen LogP contribution in [0.25, 0.3) is 0 Å². The quantitative estimate of drug-likeness (QED) is 0.747. The van der Waals surface area contributed by atoms with Gasteiger partial charge in [0.1, 0.15) is 11.5 Å². The van der Waals surface area contributed by atoms with E-state index < -0.39 is 0 Å². The van der Waals surface area contributed by atoms with E-state index in [9.17, 15) is 0 Å². The Morgan fingerprint density at radius 1 is 1.00 bits per heavy atom. The van der Waals surface area contributed by atoms with Crippen LogP contribution in [0.1, 0.15) is 5.56 Å². The third-order valence-electron chi connectivity index (χ3n) is 2.08. The fourth-order valence-corrected chi connectivity index (χ4v) is 1.28. The van der Waals surface area contributed by atoms with E-state index in [-0.39, 0.29) is 0 Å². The molecular weight excluding hydrogens is 200 g/mol. The molecule has 0 saturated carbocycles. The van der Waals surface area contributed by atoms with Gasteiger partial charge in [-0.2, -0.15) is 0 Å². The van der Waals surface area contributed by atoms with E-state index in [2.05, 4.69) is 9.98 Å². The Kier molecular flexibility index (Phi) is 2.82. The first-order valence-electron chi connectivity index (χ1n) is 4.87. The lowest BCUT2D eigenvalue weighted by molar-refractivity contribution is 1.32. The molecule has 0 spiro atoms. The van der Waals surface area contributed by atoms with Gasteiger partial charge in [-0.05, 0) is 17.7 Å². The van der Waals surface area contributed by atoms with Crippen LogP contribution in [0, 0.1) is 0 Å². The number of aliphatic imine (C=N–C) groups is 1. The molecule has 80 valence electrons. The summed E-state index contributed by atoms with van der Waals surface area (Å²) in [5.41, 5.74) is 12.8. The maximum Gasteiger partial charge on any atom is 0.151 e. The van der Waals surface area contributed by atoms with Crippen LogP contribution in [0.4, 0.5) is 17.3 Å². The third kappa shape index (κ3) is 2.36. The first kappa shape index (κ1) is 10.2. The second kappa shape index (κ2) is 4.44. The maximum atomic E-state index is 5.68. The van der Waals surface area contributed by atoms with Crippen molar-refractivity contribution in [3.63, 3.8) is 0 Å². The number of hydrogen-bond acceptors (Lipinski definition) is 4. The molecule has 0 aliphatic carbocycles. The lowest BCUT2D eigenvalue weighted by atomic mass is 10.2. The highest BCUT2D eigenvalue weighted by molar-refractivity contribution is 5.83. The van der Waals surface area contributed by atoms with E-state index in [1.165, 1.54) is 0 Å². The molecule has 0 amide bonds. The number of anilines is 2. The monoisotopic (exact) mass is 212 g/mol. The number of pyridine rings is 1. The van der Waals surface area contributed by atoms with Crippen LogP contribution in [-0.4, -0.2) is 11.2 Å². The normalized spacial score (nSPS) is 10.8. The Labute approximate surface area is 93.6 Å². The second-order valence-corrected chi connectivity index (χ2v) is 3.31. The van der Waals surface area contributed by atoms with Gasteiger partial charge in [0.15, 0.2) is 5.82 Å². The SMILES string of the molecule is Nc1ccc(N=Cc2ccccc2)c(N)n1.